The van der Waals surface area contributed by atoms with Crippen LogP contribution >= 0.6 is 0 Å². The van der Waals surface area contributed by atoms with Gasteiger partial charge in [0.2, 0.25) is 0 Å². The summed E-state index contributed by atoms with van der Waals surface area (Å²) < 4.78 is 0. The molecule has 2 aliphatic rings. The lowest BCUT2D eigenvalue weighted by Gasteiger charge is -2.24. The van der Waals surface area contributed by atoms with Crippen LogP contribution in [0.15, 0.2) is 0 Å². The van der Waals surface area contributed by atoms with Crippen LogP contribution in [0.25, 0.3) is 0 Å². The molecule has 2 amide bonds. The molecule has 0 aromatic heterocycles. The molecule has 0 aromatic rings. The normalized spacial score (nSPS) is 20.8. The van der Waals surface area contributed by atoms with E-state index in [9.17, 15) is 24.0 Å². The van der Waals surface area contributed by atoms with Crippen molar-refractivity contribution in [1.29, 1.82) is 0 Å². The van der Waals surface area contributed by atoms with E-state index in [2.05, 4.69) is 0 Å². The summed E-state index contributed by atoms with van der Waals surface area (Å²) in [4.78, 5) is 67.3. The van der Waals surface area contributed by atoms with E-state index in [1.807, 2.05) is 4.90 Å². The minimum absolute atomic E-state index is 0.0284. The molecule has 2 rings (SSSR count). The lowest BCUT2D eigenvalue weighted by molar-refractivity contribution is -0.198. The molecule has 0 aliphatic carbocycles. The SMILES string of the molecule is O=CCN1CCN(CC(=O)O)CCN(CC(=O)ON2C(=O)CCC2=O)CC1. The lowest BCUT2D eigenvalue weighted by Crippen LogP contribution is -2.42. The van der Waals surface area contributed by atoms with Gasteiger partial charge < -0.3 is 14.7 Å². The molecule has 0 bridgehead atoms. The van der Waals surface area contributed by atoms with Gasteiger partial charge in [-0.1, -0.05) is 0 Å². The molecule has 0 unspecified atom stereocenters. The first-order valence-electron chi connectivity index (χ1n) is 8.78. The first-order valence-corrected chi connectivity index (χ1v) is 8.78. The van der Waals surface area contributed by atoms with Gasteiger partial charge in [0.25, 0.3) is 11.8 Å². The van der Waals surface area contributed by atoms with Crippen LogP contribution in [0.4, 0.5) is 0 Å². The van der Waals surface area contributed by atoms with Crippen LogP contribution in [-0.2, 0) is 28.8 Å². The van der Waals surface area contributed by atoms with Crippen molar-refractivity contribution in [3.8, 4) is 0 Å². The summed E-state index contributed by atoms with van der Waals surface area (Å²) in [6, 6.07) is 0. The predicted molar refractivity (Wildman–Crippen MR) is 90.2 cm³/mol. The van der Waals surface area contributed by atoms with E-state index < -0.39 is 23.8 Å². The van der Waals surface area contributed by atoms with Crippen molar-refractivity contribution in [2.75, 3.05) is 58.9 Å². The molecule has 2 fully saturated rings. The average molecular weight is 384 g/mol. The molecular weight excluding hydrogens is 360 g/mol. The zero-order valence-electron chi connectivity index (χ0n) is 15.0. The van der Waals surface area contributed by atoms with E-state index in [0.717, 1.165) is 6.29 Å². The van der Waals surface area contributed by atoms with Crippen LogP contribution in [-0.4, -0.2) is 114 Å². The molecule has 1 N–H and O–H groups in total. The number of hydroxylamine groups is 2. The van der Waals surface area contributed by atoms with E-state index in [1.165, 1.54) is 0 Å². The summed E-state index contributed by atoms with van der Waals surface area (Å²) in [6.07, 6.45) is 0.837. The minimum Gasteiger partial charge on any atom is -0.480 e. The van der Waals surface area contributed by atoms with Crippen molar-refractivity contribution in [3.63, 3.8) is 0 Å². The van der Waals surface area contributed by atoms with Crippen LogP contribution < -0.4 is 0 Å². The van der Waals surface area contributed by atoms with Gasteiger partial charge in [-0.2, -0.15) is 0 Å². The van der Waals surface area contributed by atoms with E-state index in [4.69, 9.17) is 9.94 Å². The monoisotopic (exact) mass is 384 g/mol. The first kappa shape index (κ1) is 20.9. The Morgan fingerprint density at radius 3 is 1.85 bits per heavy atom. The summed E-state index contributed by atoms with van der Waals surface area (Å²) in [5, 5.41) is 9.53. The maximum atomic E-state index is 12.1. The number of hydrogen-bond donors (Lipinski definition) is 1. The average Bonchev–Trinajstić information content (AvgIpc) is 2.95. The molecule has 2 heterocycles. The largest absolute Gasteiger partial charge is 0.480 e. The van der Waals surface area contributed by atoms with Gasteiger partial charge in [-0.15, -0.1) is 5.06 Å². The number of aliphatic carboxylic acids is 1. The fraction of sp³-hybridized carbons (Fsp3) is 0.688. The van der Waals surface area contributed by atoms with E-state index in [-0.39, 0.29) is 32.5 Å². The second-order valence-corrected chi connectivity index (χ2v) is 6.46. The predicted octanol–water partition coefficient (Wildman–Crippen LogP) is -2.20. The number of imide groups is 1. The highest BCUT2D eigenvalue weighted by Crippen LogP contribution is 2.12. The van der Waals surface area contributed by atoms with Crippen molar-refractivity contribution in [1.82, 2.24) is 19.8 Å². The van der Waals surface area contributed by atoms with Crippen LogP contribution in [0, 0.1) is 0 Å². The number of carboxylic acid groups (broad SMARTS) is 1. The third-order valence-corrected chi connectivity index (χ3v) is 4.44. The summed E-state index contributed by atoms with van der Waals surface area (Å²) in [6.45, 7) is 2.80. The number of rotatable bonds is 7. The fourth-order valence-corrected chi connectivity index (χ4v) is 2.95. The van der Waals surface area contributed by atoms with Crippen LogP contribution in [0.5, 0.6) is 0 Å². The van der Waals surface area contributed by atoms with Crippen molar-refractivity contribution in [3.05, 3.63) is 0 Å². The Hall–Kier alpha value is -2.37. The fourth-order valence-electron chi connectivity index (χ4n) is 2.95. The van der Waals surface area contributed by atoms with Gasteiger partial charge in [0.15, 0.2) is 0 Å². The van der Waals surface area contributed by atoms with Gasteiger partial charge in [-0.05, 0) is 0 Å². The Kier molecular flexibility index (Phi) is 7.82. The minimum atomic E-state index is -0.951. The van der Waals surface area contributed by atoms with Crippen LogP contribution in [0.3, 0.4) is 0 Å². The Balaban J connectivity index is 1.95. The molecular formula is C16H24N4O7. The Labute approximate surface area is 156 Å². The summed E-state index contributed by atoms with van der Waals surface area (Å²) in [5.41, 5.74) is 0. The molecule has 2 saturated heterocycles. The van der Waals surface area contributed by atoms with Gasteiger partial charge in [-0.25, -0.2) is 4.79 Å². The summed E-state index contributed by atoms with van der Waals surface area (Å²) >= 11 is 0. The third-order valence-electron chi connectivity index (χ3n) is 4.44. The highest BCUT2D eigenvalue weighted by Gasteiger charge is 2.33. The molecule has 2 aliphatic heterocycles. The molecule has 0 radical (unpaired) electrons. The highest BCUT2D eigenvalue weighted by molar-refractivity contribution is 6.01. The Bertz CT molecular complexity index is 581. The zero-order chi connectivity index (χ0) is 19.8. The number of nitrogens with zero attached hydrogens (tertiary/aromatic N) is 4. The number of hydrogen-bond acceptors (Lipinski definition) is 9. The summed E-state index contributed by atoms with van der Waals surface area (Å²) in [5.74, 6) is -2.76. The molecule has 0 saturated carbocycles. The van der Waals surface area contributed by atoms with Crippen molar-refractivity contribution >= 4 is 30.0 Å². The number of carbonyl (C=O) groups is 5. The molecule has 0 aromatic carbocycles. The van der Waals surface area contributed by atoms with Crippen molar-refractivity contribution in [2.45, 2.75) is 12.8 Å². The third kappa shape index (κ3) is 6.70. The summed E-state index contributed by atoms with van der Waals surface area (Å²) in [7, 11) is 0. The molecule has 11 nitrogen and oxygen atoms in total. The number of carboxylic acids is 1. The maximum Gasteiger partial charge on any atom is 0.347 e. The van der Waals surface area contributed by atoms with Gasteiger partial charge in [0.05, 0.1) is 19.6 Å². The first-order chi connectivity index (χ1) is 12.9. The number of amides is 2. The van der Waals surface area contributed by atoms with E-state index in [0.29, 0.717) is 44.3 Å². The van der Waals surface area contributed by atoms with Crippen LogP contribution in [0.2, 0.25) is 0 Å². The van der Waals surface area contributed by atoms with Gasteiger partial charge in [0.1, 0.15) is 6.29 Å². The molecule has 27 heavy (non-hydrogen) atoms. The molecule has 150 valence electrons. The molecule has 0 atom stereocenters. The zero-order valence-corrected chi connectivity index (χ0v) is 15.0. The standard InChI is InChI=1S/C16H24N4O7/c21-10-9-17-3-5-18(11-15(24)25)7-8-19(6-4-17)12-16(26)27-20-13(22)1-2-14(20)23/h10H,1-9,11-12H2,(H,24,25). The van der Waals surface area contributed by atoms with Gasteiger partial charge in [-0.3, -0.25) is 29.1 Å². The van der Waals surface area contributed by atoms with Crippen molar-refractivity contribution in [2.24, 2.45) is 0 Å². The second-order valence-electron chi connectivity index (χ2n) is 6.46. The van der Waals surface area contributed by atoms with Gasteiger partial charge >= 0.3 is 11.9 Å². The highest BCUT2D eigenvalue weighted by atomic mass is 16.7. The second kappa shape index (κ2) is 10.1. The number of carbonyl (C=O) groups excluding carboxylic acids is 4. The van der Waals surface area contributed by atoms with E-state index in [1.54, 1.807) is 9.80 Å². The van der Waals surface area contributed by atoms with Crippen LogP contribution in [0.1, 0.15) is 12.8 Å². The topological polar surface area (TPSA) is 128 Å². The van der Waals surface area contributed by atoms with E-state index >= 15 is 0 Å². The quantitative estimate of drug-likeness (QED) is 0.381. The molecule has 0 spiro atoms. The Morgan fingerprint density at radius 2 is 1.37 bits per heavy atom. The van der Waals surface area contributed by atoms with Gasteiger partial charge in [0, 0.05) is 52.1 Å². The molecule has 11 heteroatoms. The smallest absolute Gasteiger partial charge is 0.347 e. The maximum absolute atomic E-state index is 12.1. The lowest BCUT2D eigenvalue weighted by atomic mass is 10.4. The number of aldehydes is 1. The Morgan fingerprint density at radius 1 is 0.889 bits per heavy atom. The van der Waals surface area contributed by atoms with Crippen molar-refractivity contribution < 1.29 is 33.9 Å².